The van der Waals surface area contributed by atoms with Crippen molar-refractivity contribution in [2.24, 2.45) is 5.73 Å². The number of hydrogen-bond donors (Lipinski definition) is 3. The van der Waals surface area contributed by atoms with E-state index in [1.54, 1.807) is 0 Å². The number of hydrogen-bond acceptors (Lipinski definition) is 3. The summed E-state index contributed by atoms with van der Waals surface area (Å²) in [6.45, 7) is -0.0254. The highest BCUT2D eigenvalue weighted by atomic mass is 16.3. The fourth-order valence-electron chi connectivity index (χ4n) is 2.33. The molecule has 2 atom stereocenters. The fraction of sp³-hybridized carbons (Fsp3) is 0.385. The van der Waals surface area contributed by atoms with Gasteiger partial charge >= 0.3 is 0 Å². The lowest BCUT2D eigenvalue weighted by Gasteiger charge is -2.28. The summed E-state index contributed by atoms with van der Waals surface area (Å²) >= 11 is 0. The maximum absolute atomic E-state index is 9.26. The van der Waals surface area contributed by atoms with E-state index in [1.165, 1.54) is 0 Å². The van der Waals surface area contributed by atoms with Gasteiger partial charge in [-0.2, -0.15) is 0 Å². The summed E-state index contributed by atoms with van der Waals surface area (Å²) in [5, 5.41) is 10.4. The number of H-pyrrole nitrogens is 1. The molecule has 1 heterocycles. The van der Waals surface area contributed by atoms with Gasteiger partial charge in [0.15, 0.2) is 0 Å². The summed E-state index contributed by atoms with van der Waals surface area (Å²) in [6, 6.07) is 7.84. The third-order valence-electron chi connectivity index (χ3n) is 3.11. The first-order valence-electron chi connectivity index (χ1n) is 5.74. The van der Waals surface area contributed by atoms with Gasteiger partial charge in [0.2, 0.25) is 0 Å². The van der Waals surface area contributed by atoms with Gasteiger partial charge in [-0.25, -0.2) is 0 Å². The molecule has 4 heteroatoms. The number of rotatable bonds is 4. The Morgan fingerprint density at radius 3 is 2.71 bits per heavy atom. The molecule has 0 spiro atoms. The van der Waals surface area contributed by atoms with Crippen LogP contribution in [0.4, 0.5) is 0 Å². The molecule has 0 saturated carbocycles. The van der Waals surface area contributed by atoms with E-state index in [9.17, 15) is 5.11 Å². The standard InChI is InChI=1S/C13H19N3O/c1-16(2)13(11(14)8-17)10-7-15-12-6-4-3-5-9(10)12/h3-7,11,13,15,17H,8,14H2,1-2H3. The van der Waals surface area contributed by atoms with E-state index in [0.717, 1.165) is 16.5 Å². The topological polar surface area (TPSA) is 65.3 Å². The predicted molar refractivity (Wildman–Crippen MR) is 69.8 cm³/mol. The summed E-state index contributed by atoms with van der Waals surface area (Å²) in [4.78, 5) is 5.28. The van der Waals surface area contributed by atoms with Crippen molar-refractivity contribution in [3.63, 3.8) is 0 Å². The first kappa shape index (κ1) is 12.1. The Kier molecular flexibility index (Phi) is 3.47. The van der Waals surface area contributed by atoms with Gasteiger partial charge in [0.05, 0.1) is 12.6 Å². The van der Waals surface area contributed by atoms with Crippen molar-refractivity contribution in [1.29, 1.82) is 0 Å². The molecular formula is C13H19N3O. The van der Waals surface area contributed by atoms with Crippen molar-refractivity contribution in [3.8, 4) is 0 Å². The van der Waals surface area contributed by atoms with Crippen LogP contribution < -0.4 is 5.73 Å². The summed E-state index contributed by atoms with van der Waals surface area (Å²) in [5.74, 6) is 0. The average Bonchev–Trinajstić information content (AvgIpc) is 2.73. The molecule has 1 aromatic heterocycles. The number of nitrogens with one attached hydrogen (secondary N) is 1. The van der Waals surface area contributed by atoms with Crippen LogP contribution >= 0.6 is 0 Å². The van der Waals surface area contributed by atoms with Crippen LogP contribution in [0.15, 0.2) is 30.5 Å². The smallest absolute Gasteiger partial charge is 0.0601 e. The fourth-order valence-corrected chi connectivity index (χ4v) is 2.33. The van der Waals surface area contributed by atoms with Crippen LogP contribution in [0.1, 0.15) is 11.6 Å². The summed E-state index contributed by atoms with van der Waals surface area (Å²) in [6.07, 6.45) is 1.98. The number of aromatic nitrogens is 1. The quantitative estimate of drug-likeness (QED) is 0.740. The molecule has 0 saturated heterocycles. The van der Waals surface area contributed by atoms with Crippen LogP contribution in [0.3, 0.4) is 0 Å². The minimum Gasteiger partial charge on any atom is -0.395 e. The molecule has 0 amide bonds. The van der Waals surface area contributed by atoms with Gasteiger partial charge in [-0.05, 0) is 25.7 Å². The Labute approximate surface area is 101 Å². The molecule has 0 aliphatic carbocycles. The molecule has 1 aromatic carbocycles. The number of likely N-dealkylation sites (N-methyl/N-ethyl adjacent to an activating group) is 1. The van der Waals surface area contributed by atoms with E-state index in [4.69, 9.17) is 5.73 Å². The highest BCUT2D eigenvalue weighted by molar-refractivity contribution is 5.83. The van der Waals surface area contributed by atoms with Gasteiger partial charge in [0.25, 0.3) is 0 Å². The second-order valence-electron chi connectivity index (χ2n) is 4.54. The third-order valence-corrected chi connectivity index (χ3v) is 3.11. The Bertz CT molecular complexity index is 492. The van der Waals surface area contributed by atoms with E-state index >= 15 is 0 Å². The molecule has 0 bridgehead atoms. The van der Waals surface area contributed by atoms with E-state index in [-0.39, 0.29) is 18.7 Å². The van der Waals surface area contributed by atoms with Gasteiger partial charge in [-0.15, -0.1) is 0 Å². The molecule has 2 aromatic rings. The number of fused-ring (bicyclic) bond motifs is 1. The lowest BCUT2D eigenvalue weighted by molar-refractivity contribution is 0.182. The SMILES string of the molecule is CN(C)C(c1c[nH]c2ccccc12)C(N)CO. The first-order chi connectivity index (χ1) is 8.15. The lowest BCUT2D eigenvalue weighted by atomic mass is 9.99. The summed E-state index contributed by atoms with van der Waals surface area (Å²) in [7, 11) is 3.95. The Balaban J connectivity index is 2.49. The monoisotopic (exact) mass is 233 g/mol. The molecule has 0 radical (unpaired) electrons. The molecule has 0 aliphatic rings. The first-order valence-corrected chi connectivity index (χ1v) is 5.74. The van der Waals surface area contributed by atoms with Crippen molar-refractivity contribution in [1.82, 2.24) is 9.88 Å². The van der Waals surface area contributed by atoms with E-state index in [2.05, 4.69) is 11.1 Å². The van der Waals surface area contributed by atoms with Crippen molar-refractivity contribution in [3.05, 3.63) is 36.0 Å². The second kappa shape index (κ2) is 4.87. The highest BCUT2D eigenvalue weighted by Crippen LogP contribution is 2.28. The maximum Gasteiger partial charge on any atom is 0.0601 e. The van der Waals surface area contributed by atoms with Crippen LogP contribution in [-0.2, 0) is 0 Å². The van der Waals surface area contributed by atoms with Crippen LogP contribution in [0, 0.1) is 0 Å². The zero-order valence-electron chi connectivity index (χ0n) is 10.2. The largest absolute Gasteiger partial charge is 0.395 e. The molecule has 4 N–H and O–H groups in total. The van der Waals surface area contributed by atoms with Crippen molar-refractivity contribution < 1.29 is 5.11 Å². The number of aliphatic hydroxyl groups is 1. The molecule has 0 aliphatic heterocycles. The molecule has 4 nitrogen and oxygen atoms in total. The Morgan fingerprint density at radius 2 is 2.06 bits per heavy atom. The number of aliphatic hydroxyl groups excluding tert-OH is 1. The molecule has 17 heavy (non-hydrogen) atoms. The van der Waals surface area contributed by atoms with E-state index in [1.807, 2.05) is 43.4 Å². The zero-order valence-corrected chi connectivity index (χ0v) is 10.2. The van der Waals surface area contributed by atoms with Gasteiger partial charge in [0, 0.05) is 23.1 Å². The van der Waals surface area contributed by atoms with E-state index in [0.29, 0.717) is 0 Å². The average molecular weight is 233 g/mol. The number of para-hydroxylation sites is 1. The predicted octanol–water partition coefficient (Wildman–Crippen LogP) is 1.09. The van der Waals surface area contributed by atoms with E-state index < -0.39 is 0 Å². The van der Waals surface area contributed by atoms with Crippen LogP contribution in [0.25, 0.3) is 10.9 Å². The van der Waals surface area contributed by atoms with Gasteiger partial charge < -0.3 is 20.7 Å². The van der Waals surface area contributed by atoms with Crippen molar-refractivity contribution in [2.75, 3.05) is 20.7 Å². The molecular weight excluding hydrogens is 214 g/mol. The van der Waals surface area contributed by atoms with Crippen molar-refractivity contribution >= 4 is 10.9 Å². The Hall–Kier alpha value is -1.36. The maximum atomic E-state index is 9.26. The van der Waals surface area contributed by atoms with Crippen LogP contribution in [0.5, 0.6) is 0 Å². The number of nitrogens with two attached hydrogens (primary N) is 1. The van der Waals surface area contributed by atoms with Gasteiger partial charge in [-0.1, -0.05) is 18.2 Å². The number of aromatic amines is 1. The van der Waals surface area contributed by atoms with Crippen LogP contribution in [-0.4, -0.2) is 41.7 Å². The molecule has 2 unspecified atom stereocenters. The summed E-state index contributed by atoms with van der Waals surface area (Å²) < 4.78 is 0. The molecule has 0 fully saturated rings. The molecule has 92 valence electrons. The van der Waals surface area contributed by atoms with Crippen LogP contribution in [0.2, 0.25) is 0 Å². The second-order valence-corrected chi connectivity index (χ2v) is 4.54. The van der Waals surface area contributed by atoms with Gasteiger partial charge in [0.1, 0.15) is 0 Å². The lowest BCUT2D eigenvalue weighted by Crippen LogP contribution is -2.39. The number of nitrogens with zero attached hydrogens (tertiary/aromatic N) is 1. The summed E-state index contributed by atoms with van der Waals surface area (Å²) in [5.41, 5.74) is 8.22. The Morgan fingerprint density at radius 1 is 1.35 bits per heavy atom. The highest BCUT2D eigenvalue weighted by Gasteiger charge is 2.23. The van der Waals surface area contributed by atoms with Gasteiger partial charge in [-0.3, -0.25) is 0 Å². The zero-order chi connectivity index (χ0) is 12.4. The number of benzene rings is 1. The van der Waals surface area contributed by atoms with Crippen molar-refractivity contribution in [2.45, 2.75) is 12.1 Å². The minimum atomic E-state index is -0.288. The molecule has 2 rings (SSSR count). The minimum absolute atomic E-state index is 0.0103. The third kappa shape index (κ3) is 2.20. The normalized spacial score (nSPS) is 15.4.